The third kappa shape index (κ3) is 4.09. The summed E-state index contributed by atoms with van der Waals surface area (Å²) in [5, 5.41) is 4.20. The van der Waals surface area contributed by atoms with Gasteiger partial charge in [0.1, 0.15) is 5.75 Å². The standard InChI is InChI=1S/C15H20N2O2/c1-2-19-14-10-8-12(9-11-14)15(18)17-16-13-6-4-3-5-7-13/h8-11H,2-7H2,1H3,(H,17,18). The van der Waals surface area contributed by atoms with Gasteiger partial charge in [-0.2, -0.15) is 5.10 Å². The Labute approximate surface area is 113 Å². The number of hydrazone groups is 1. The Morgan fingerprint density at radius 2 is 1.89 bits per heavy atom. The first-order valence-corrected chi connectivity index (χ1v) is 6.88. The maximum absolute atomic E-state index is 11.9. The molecule has 0 aliphatic heterocycles. The van der Waals surface area contributed by atoms with E-state index in [9.17, 15) is 4.79 Å². The van der Waals surface area contributed by atoms with E-state index in [1.54, 1.807) is 24.3 Å². The summed E-state index contributed by atoms with van der Waals surface area (Å²) < 4.78 is 5.34. The highest BCUT2D eigenvalue weighted by molar-refractivity contribution is 5.95. The average Bonchev–Trinajstić information content (AvgIpc) is 2.47. The fourth-order valence-electron chi connectivity index (χ4n) is 2.14. The maximum atomic E-state index is 11.9. The lowest BCUT2D eigenvalue weighted by molar-refractivity contribution is 0.0954. The fraction of sp³-hybridized carbons (Fsp3) is 0.467. The summed E-state index contributed by atoms with van der Waals surface area (Å²) in [4.78, 5) is 11.9. The first kappa shape index (κ1) is 13.6. The lowest BCUT2D eigenvalue weighted by Gasteiger charge is -2.12. The first-order valence-electron chi connectivity index (χ1n) is 6.88. The van der Waals surface area contributed by atoms with Crippen LogP contribution in [-0.2, 0) is 0 Å². The van der Waals surface area contributed by atoms with E-state index in [0.717, 1.165) is 24.3 Å². The van der Waals surface area contributed by atoms with E-state index in [2.05, 4.69) is 10.5 Å². The Morgan fingerprint density at radius 1 is 1.21 bits per heavy atom. The van der Waals surface area contributed by atoms with Gasteiger partial charge in [0.2, 0.25) is 0 Å². The monoisotopic (exact) mass is 260 g/mol. The molecule has 4 nitrogen and oxygen atoms in total. The second kappa shape index (κ2) is 6.92. The lowest BCUT2D eigenvalue weighted by atomic mass is 9.99. The van der Waals surface area contributed by atoms with Gasteiger partial charge in [-0.1, -0.05) is 6.42 Å². The summed E-state index contributed by atoms with van der Waals surface area (Å²) >= 11 is 0. The van der Waals surface area contributed by atoms with Crippen LogP contribution in [0.15, 0.2) is 29.4 Å². The molecule has 2 rings (SSSR count). The molecule has 0 radical (unpaired) electrons. The number of rotatable bonds is 4. The largest absolute Gasteiger partial charge is 0.494 e. The molecule has 0 spiro atoms. The summed E-state index contributed by atoms with van der Waals surface area (Å²) in [7, 11) is 0. The topological polar surface area (TPSA) is 50.7 Å². The first-order chi connectivity index (χ1) is 9.29. The Morgan fingerprint density at radius 3 is 2.53 bits per heavy atom. The molecule has 1 aromatic rings. The van der Waals surface area contributed by atoms with Crippen LogP contribution in [0, 0.1) is 0 Å². The smallest absolute Gasteiger partial charge is 0.271 e. The van der Waals surface area contributed by atoms with E-state index in [1.807, 2.05) is 6.92 Å². The highest BCUT2D eigenvalue weighted by Gasteiger charge is 2.08. The van der Waals surface area contributed by atoms with Crippen LogP contribution in [-0.4, -0.2) is 18.2 Å². The minimum absolute atomic E-state index is 0.166. The van der Waals surface area contributed by atoms with Crippen LogP contribution >= 0.6 is 0 Å². The second-order valence-corrected chi connectivity index (χ2v) is 4.64. The van der Waals surface area contributed by atoms with Crippen molar-refractivity contribution in [3.63, 3.8) is 0 Å². The van der Waals surface area contributed by atoms with Gasteiger partial charge in [-0.3, -0.25) is 4.79 Å². The number of benzene rings is 1. The van der Waals surface area contributed by atoms with Crippen molar-refractivity contribution in [2.45, 2.75) is 39.0 Å². The van der Waals surface area contributed by atoms with Crippen molar-refractivity contribution < 1.29 is 9.53 Å². The van der Waals surface area contributed by atoms with E-state index in [4.69, 9.17) is 4.74 Å². The molecule has 19 heavy (non-hydrogen) atoms. The molecule has 0 atom stereocenters. The normalized spacial score (nSPS) is 14.9. The minimum atomic E-state index is -0.166. The zero-order valence-corrected chi connectivity index (χ0v) is 11.3. The molecule has 1 N–H and O–H groups in total. The average molecular weight is 260 g/mol. The number of nitrogens with one attached hydrogen (secondary N) is 1. The van der Waals surface area contributed by atoms with Crippen molar-refractivity contribution in [2.75, 3.05) is 6.61 Å². The number of nitrogens with zero attached hydrogens (tertiary/aromatic N) is 1. The lowest BCUT2D eigenvalue weighted by Crippen LogP contribution is -2.20. The number of carbonyl (C=O) groups is 1. The van der Waals surface area contributed by atoms with Gasteiger partial charge in [-0.05, 0) is 56.9 Å². The molecular formula is C15H20N2O2. The van der Waals surface area contributed by atoms with Gasteiger partial charge < -0.3 is 4.74 Å². The van der Waals surface area contributed by atoms with Gasteiger partial charge in [0.15, 0.2) is 0 Å². The Hall–Kier alpha value is -1.84. The van der Waals surface area contributed by atoms with E-state index in [-0.39, 0.29) is 5.91 Å². The summed E-state index contributed by atoms with van der Waals surface area (Å²) in [6.45, 7) is 2.56. The molecule has 1 amide bonds. The van der Waals surface area contributed by atoms with E-state index in [1.165, 1.54) is 19.3 Å². The van der Waals surface area contributed by atoms with Crippen molar-refractivity contribution in [3.05, 3.63) is 29.8 Å². The van der Waals surface area contributed by atoms with E-state index >= 15 is 0 Å². The number of hydrogen-bond acceptors (Lipinski definition) is 3. The number of hydrogen-bond donors (Lipinski definition) is 1. The van der Waals surface area contributed by atoms with Crippen molar-refractivity contribution in [1.82, 2.24) is 5.43 Å². The molecule has 1 aliphatic rings. The van der Waals surface area contributed by atoms with Crippen LogP contribution in [0.3, 0.4) is 0 Å². The summed E-state index contributed by atoms with van der Waals surface area (Å²) in [5.41, 5.74) is 4.33. The Bertz CT molecular complexity index is 444. The summed E-state index contributed by atoms with van der Waals surface area (Å²) in [5.74, 6) is 0.610. The van der Waals surface area contributed by atoms with Gasteiger partial charge in [-0.25, -0.2) is 5.43 Å². The van der Waals surface area contributed by atoms with Crippen LogP contribution in [0.1, 0.15) is 49.4 Å². The van der Waals surface area contributed by atoms with Crippen molar-refractivity contribution in [2.24, 2.45) is 5.10 Å². The predicted molar refractivity (Wildman–Crippen MR) is 75.6 cm³/mol. The fourth-order valence-corrected chi connectivity index (χ4v) is 2.14. The van der Waals surface area contributed by atoms with Crippen LogP contribution in [0.2, 0.25) is 0 Å². The number of ether oxygens (including phenoxy) is 1. The molecule has 0 saturated heterocycles. The SMILES string of the molecule is CCOc1ccc(C(=O)NN=C2CCCCC2)cc1. The van der Waals surface area contributed by atoms with Gasteiger partial charge in [0, 0.05) is 11.3 Å². The van der Waals surface area contributed by atoms with Crippen LogP contribution < -0.4 is 10.2 Å². The van der Waals surface area contributed by atoms with Crippen LogP contribution in [0.5, 0.6) is 5.75 Å². The van der Waals surface area contributed by atoms with Gasteiger partial charge in [0.05, 0.1) is 6.61 Å². The second-order valence-electron chi connectivity index (χ2n) is 4.64. The Balaban J connectivity index is 1.91. The maximum Gasteiger partial charge on any atom is 0.271 e. The molecule has 4 heteroatoms. The zero-order valence-electron chi connectivity index (χ0n) is 11.3. The van der Waals surface area contributed by atoms with Crippen molar-refractivity contribution >= 4 is 11.6 Å². The Kier molecular flexibility index (Phi) is 4.95. The molecule has 0 heterocycles. The number of carbonyl (C=O) groups excluding carboxylic acids is 1. The molecule has 1 fully saturated rings. The molecule has 0 aromatic heterocycles. The molecule has 102 valence electrons. The van der Waals surface area contributed by atoms with Crippen molar-refractivity contribution in [3.8, 4) is 5.75 Å². The number of amides is 1. The van der Waals surface area contributed by atoms with Gasteiger partial charge in [-0.15, -0.1) is 0 Å². The van der Waals surface area contributed by atoms with Gasteiger partial charge in [0.25, 0.3) is 5.91 Å². The third-order valence-electron chi connectivity index (χ3n) is 3.17. The quantitative estimate of drug-likeness (QED) is 0.845. The predicted octanol–water partition coefficient (Wildman–Crippen LogP) is 3.14. The van der Waals surface area contributed by atoms with Gasteiger partial charge >= 0.3 is 0 Å². The van der Waals surface area contributed by atoms with Crippen LogP contribution in [0.4, 0.5) is 0 Å². The summed E-state index contributed by atoms with van der Waals surface area (Å²) in [6, 6.07) is 7.10. The van der Waals surface area contributed by atoms with E-state index in [0.29, 0.717) is 12.2 Å². The highest BCUT2D eigenvalue weighted by Crippen LogP contribution is 2.15. The molecule has 0 unspecified atom stereocenters. The molecule has 1 saturated carbocycles. The molecular weight excluding hydrogens is 240 g/mol. The highest BCUT2D eigenvalue weighted by atomic mass is 16.5. The minimum Gasteiger partial charge on any atom is -0.494 e. The zero-order chi connectivity index (χ0) is 13.5. The molecule has 0 bridgehead atoms. The summed E-state index contributed by atoms with van der Waals surface area (Å²) in [6.07, 6.45) is 5.63. The van der Waals surface area contributed by atoms with E-state index < -0.39 is 0 Å². The van der Waals surface area contributed by atoms with Crippen molar-refractivity contribution in [1.29, 1.82) is 0 Å². The third-order valence-corrected chi connectivity index (χ3v) is 3.17. The molecule has 1 aromatic carbocycles. The molecule has 1 aliphatic carbocycles. The van der Waals surface area contributed by atoms with Crippen LogP contribution in [0.25, 0.3) is 0 Å².